The molecule has 0 spiro atoms. The molecular formula is C16H28N2O. The van der Waals surface area contributed by atoms with E-state index < -0.39 is 0 Å². The van der Waals surface area contributed by atoms with E-state index in [4.69, 9.17) is 0 Å². The van der Waals surface area contributed by atoms with Gasteiger partial charge in [-0.3, -0.25) is 4.79 Å². The number of amides is 1. The van der Waals surface area contributed by atoms with Crippen LogP contribution in [-0.4, -0.2) is 11.6 Å². The predicted molar refractivity (Wildman–Crippen MR) is 78.9 cm³/mol. The van der Waals surface area contributed by atoms with E-state index in [2.05, 4.69) is 31.3 Å². The van der Waals surface area contributed by atoms with E-state index >= 15 is 0 Å². The molecule has 0 aliphatic heterocycles. The van der Waals surface area contributed by atoms with Gasteiger partial charge >= 0.3 is 0 Å². The van der Waals surface area contributed by atoms with Crippen molar-refractivity contribution in [1.82, 2.24) is 5.43 Å². The maximum absolute atomic E-state index is 12.0. The van der Waals surface area contributed by atoms with Crippen LogP contribution in [0.5, 0.6) is 0 Å². The topological polar surface area (TPSA) is 41.5 Å². The monoisotopic (exact) mass is 264 g/mol. The lowest BCUT2D eigenvalue weighted by Gasteiger charge is -2.30. The summed E-state index contributed by atoms with van der Waals surface area (Å²) in [7, 11) is 0. The number of nitrogens with zero attached hydrogens (tertiary/aromatic N) is 1. The Balaban J connectivity index is 1.96. The molecule has 0 bridgehead atoms. The highest BCUT2D eigenvalue weighted by Gasteiger charge is 2.28. The highest BCUT2D eigenvalue weighted by Crippen LogP contribution is 2.31. The third kappa shape index (κ3) is 3.80. The van der Waals surface area contributed by atoms with E-state index in [1.54, 1.807) is 0 Å². The lowest BCUT2D eigenvalue weighted by Crippen LogP contribution is -2.32. The molecule has 0 aromatic heterocycles. The molecule has 2 rings (SSSR count). The summed E-state index contributed by atoms with van der Waals surface area (Å²) < 4.78 is 0. The molecule has 2 unspecified atom stereocenters. The molecule has 2 fully saturated rings. The maximum Gasteiger partial charge on any atom is 0.243 e. The van der Waals surface area contributed by atoms with Gasteiger partial charge in [0, 0.05) is 17.5 Å². The Morgan fingerprint density at radius 3 is 2.53 bits per heavy atom. The molecule has 3 nitrogen and oxygen atoms in total. The Morgan fingerprint density at radius 1 is 1.21 bits per heavy atom. The molecule has 1 N–H and O–H groups in total. The van der Waals surface area contributed by atoms with Crippen LogP contribution < -0.4 is 5.43 Å². The van der Waals surface area contributed by atoms with Gasteiger partial charge in [-0.1, -0.05) is 33.6 Å². The molecule has 1 amide bonds. The first-order valence-electron chi connectivity index (χ1n) is 7.94. The van der Waals surface area contributed by atoms with Crippen molar-refractivity contribution in [1.29, 1.82) is 0 Å². The third-order valence-corrected chi connectivity index (χ3v) is 4.80. The second-order valence-corrected chi connectivity index (χ2v) is 6.80. The lowest BCUT2D eigenvalue weighted by atomic mass is 9.76. The van der Waals surface area contributed by atoms with Gasteiger partial charge in [-0.05, 0) is 43.9 Å². The number of nitrogens with one attached hydrogen (secondary N) is 1. The zero-order valence-electron chi connectivity index (χ0n) is 12.6. The number of hydrogen-bond acceptors (Lipinski definition) is 2. The van der Waals surface area contributed by atoms with Crippen molar-refractivity contribution in [3.8, 4) is 0 Å². The quantitative estimate of drug-likeness (QED) is 0.775. The fourth-order valence-corrected chi connectivity index (χ4v) is 3.49. The fourth-order valence-electron chi connectivity index (χ4n) is 3.49. The van der Waals surface area contributed by atoms with Crippen LogP contribution in [-0.2, 0) is 4.79 Å². The van der Waals surface area contributed by atoms with E-state index in [-0.39, 0.29) is 11.8 Å². The molecule has 2 saturated carbocycles. The van der Waals surface area contributed by atoms with E-state index in [1.165, 1.54) is 31.4 Å². The third-order valence-electron chi connectivity index (χ3n) is 4.80. The summed E-state index contributed by atoms with van der Waals surface area (Å²) in [4.78, 5) is 12.0. The summed E-state index contributed by atoms with van der Waals surface area (Å²) >= 11 is 0. The smallest absolute Gasteiger partial charge is 0.243 e. The number of hydrogen-bond donors (Lipinski definition) is 1. The van der Waals surface area contributed by atoms with E-state index in [1.807, 2.05) is 0 Å². The van der Waals surface area contributed by atoms with Crippen LogP contribution in [0.4, 0.5) is 0 Å². The number of carbonyl (C=O) groups excluding carboxylic acids is 1. The van der Waals surface area contributed by atoms with Crippen LogP contribution in [0.25, 0.3) is 0 Å². The summed E-state index contributed by atoms with van der Waals surface area (Å²) in [6, 6.07) is 0. The van der Waals surface area contributed by atoms with Gasteiger partial charge in [0.1, 0.15) is 0 Å². The summed E-state index contributed by atoms with van der Waals surface area (Å²) in [5.74, 6) is 2.24. The molecule has 2 aliphatic carbocycles. The molecule has 0 aromatic rings. The minimum atomic E-state index is 0.144. The van der Waals surface area contributed by atoms with E-state index in [0.717, 1.165) is 19.3 Å². The second kappa shape index (κ2) is 6.53. The molecule has 2 aliphatic rings. The predicted octanol–water partition coefficient (Wildman–Crippen LogP) is 3.74. The van der Waals surface area contributed by atoms with Crippen LogP contribution in [0.2, 0.25) is 0 Å². The van der Waals surface area contributed by atoms with Crippen LogP contribution in [0.3, 0.4) is 0 Å². The molecule has 19 heavy (non-hydrogen) atoms. The van der Waals surface area contributed by atoms with Crippen molar-refractivity contribution in [3.05, 3.63) is 0 Å². The lowest BCUT2D eigenvalue weighted by molar-refractivity contribution is -0.124. The summed E-state index contributed by atoms with van der Waals surface area (Å²) in [6.45, 7) is 6.80. The van der Waals surface area contributed by atoms with Crippen molar-refractivity contribution in [3.63, 3.8) is 0 Å². The van der Waals surface area contributed by atoms with E-state index in [9.17, 15) is 4.79 Å². The first-order valence-corrected chi connectivity index (χ1v) is 7.94. The standard InChI is InChI=1S/C16H28N2O/c1-11(2)14-9-8-12(3)10-15(14)17-18-16(19)13-6-4-5-7-13/h11-14H,4-10H2,1-3H3,(H,18,19)/b17-15+. The van der Waals surface area contributed by atoms with Gasteiger partial charge in [-0.25, -0.2) is 5.43 Å². The van der Waals surface area contributed by atoms with Crippen LogP contribution in [0.15, 0.2) is 5.10 Å². The van der Waals surface area contributed by atoms with Gasteiger partial charge in [0.2, 0.25) is 5.91 Å². The van der Waals surface area contributed by atoms with Crippen LogP contribution >= 0.6 is 0 Å². The Kier molecular flexibility index (Phi) is 5.00. The van der Waals surface area contributed by atoms with Gasteiger partial charge in [0.25, 0.3) is 0 Å². The summed E-state index contributed by atoms with van der Waals surface area (Å²) in [5, 5.41) is 4.50. The van der Waals surface area contributed by atoms with Crippen molar-refractivity contribution >= 4 is 11.6 Å². The van der Waals surface area contributed by atoms with Gasteiger partial charge in [0.15, 0.2) is 0 Å². The molecular weight excluding hydrogens is 236 g/mol. The number of rotatable bonds is 3. The normalized spacial score (nSPS) is 31.1. The molecule has 3 heteroatoms. The second-order valence-electron chi connectivity index (χ2n) is 6.80. The molecule has 2 atom stereocenters. The Morgan fingerprint density at radius 2 is 1.89 bits per heavy atom. The van der Waals surface area contributed by atoms with Crippen molar-refractivity contribution in [2.24, 2.45) is 28.8 Å². The summed E-state index contributed by atoms with van der Waals surface area (Å²) in [5.41, 5.74) is 4.07. The first kappa shape index (κ1) is 14.5. The Bertz CT molecular complexity index is 343. The van der Waals surface area contributed by atoms with Crippen molar-refractivity contribution in [2.75, 3.05) is 0 Å². The van der Waals surface area contributed by atoms with Gasteiger partial charge in [-0.15, -0.1) is 0 Å². The molecule has 0 heterocycles. The van der Waals surface area contributed by atoms with Crippen molar-refractivity contribution in [2.45, 2.75) is 65.7 Å². The maximum atomic E-state index is 12.0. The number of hydrazone groups is 1. The summed E-state index contributed by atoms with van der Waals surface area (Å²) in [6.07, 6.45) is 8.03. The minimum absolute atomic E-state index is 0.144. The zero-order valence-corrected chi connectivity index (χ0v) is 12.6. The first-order chi connectivity index (χ1) is 9.08. The highest BCUT2D eigenvalue weighted by atomic mass is 16.2. The fraction of sp³-hybridized carbons (Fsp3) is 0.875. The Hall–Kier alpha value is -0.860. The largest absolute Gasteiger partial charge is 0.273 e. The number of carbonyl (C=O) groups is 1. The molecule has 0 radical (unpaired) electrons. The van der Waals surface area contributed by atoms with Crippen LogP contribution in [0.1, 0.15) is 65.7 Å². The van der Waals surface area contributed by atoms with Gasteiger partial charge in [0.05, 0.1) is 0 Å². The minimum Gasteiger partial charge on any atom is -0.273 e. The molecule has 108 valence electrons. The van der Waals surface area contributed by atoms with Gasteiger partial charge in [-0.2, -0.15) is 5.10 Å². The van der Waals surface area contributed by atoms with Crippen LogP contribution in [0, 0.1) is 23.7 Å². The highest BCUT2D eigenvalue weighted by molar-refractivity contribution is 5.89. The average molecular weight is 264 g/mol. The average Bonchev–Trinajstić information content (AvgIpc) is 2.89. The SMILES string of the molecule is CC1CCC(C(C)C)/C(=N/NC(=O)C2CCCC2)C1. The zero-order chi connectivity index (χ0) is 13.8. The van der Waals surface area contributed by atoms with E-state index in [0.29, 0.717) is 17.8 Å². The Labute approximate surface area is 117 Å². The molecule has 0 saturated heterocycles. The van der Waals surface area contributed by atoms with Gasteiger partial charge < -0.3 is 0 Å². The molecule has 0 aromatic carbocycles. The van der Waals surface area contributed by atoms with Crippen molar-refractivity contribution < 1.29 is 4.79 Å².